The van der Waals surface area contributed by atoms with Crippen LogP contribution in [-0.2, 0) is 0 Å². The monoisotopic (exact) mass is 373 g/mol. The molecule has 6 nitrogen and oxygen atoms in total. The summed E-state index contributed by atoms with van der Waals surface area (Å²) in [6.07, 6.45) is 5.05. The molecule has 1 amide bonds. The summed E-state index contributed by atoms with van der Waals surface area (Å²) >= 11 is 1.44. The van der Waals surface area contributed by atoms with Gasteiger partial charge in [0.25, 0.3) is 5.91 Å². The number of carbonyl (C=O) groups is 1. The number of carbonyl (C=O) groups excluding carboxylic acids is 1. The zero-order chi connectivity index (χ0) is 17.9. The third kappa shape index (κ3) is 3.54. The topological polar surface area (TPSA) is 63.7 Å². The van der Waals surface area contributed by atoms with E-state index in [-0.39, 0.29) is 12.7 Å². The highest BCUT2D eigenvalue weighted by atomic mass is 32.1. The van der Waals surface area contributed by atoms with Gasteiger partial charge in [0.05, 0.1) is 6.20 Å². The van der Waals surface area contributed by atoms with Crippen LogP contribution < -0.4 is 14.8 Å². The summed E-state index contributed by atoms with van der Waals surface area (Å²) in [6, 6.07) is 5.76. The number of hydrogen-bond acceptors (Lipinski definition) is 6. The minimum absolute atomic E-state index is 0.0987. The third-order valence-corrected chi connectivity index (χ3v) is 6.07. The summed E-state index contributed by atoms with van der Waals surface area (Å²) in [5.41, 5.74) is 0.948. The summed E-state index contributed by atoms with van der Waals surface area (Å²) in [6.45, 7) is 2.98. The lowest BCUT2D eigenvalue weighted by atomic mass is 9.93. The number of nitrogens with one attached hydrogen (secondary N) is 1. The Morgan fingerprint density at radius 1 is 1.31 bits per heavy atom. The number of amides is 1. The molecule has 0 aliphatic carbocycles. The zero-order valence-electron chi connectivity index (χ0n) is 14.9. The summed E-state index contributed by atoms with van der Waals surface area (Å²) in [7, 11) is 1.99. The summed E-state index contributed by atoms with van der Waals surface area (Å²) in [5.74, 6) is 2.30. The van der Waals surface area contributed by atoms with Crippen molar-refractivity contribution in [2.24, 2.45) is 5.92 Å². The van der Waals surface area contributed by atoms with E-state index < -0.39 is 0 Å². The Bertz CT molecular complexity index is 784. The van der Waals surface area contributed by atoms with E-state index in [4.69, 9.17) is 9.47 Å². The van der Waals surface area contributed by atoms with Crippen molar-refractivity contribution in [1.29, 1.82) is 0 Å². The predicted octanol–water partition coefficient (Wildman–Crippen LogP) is 3.00. The van der Waals surface area contributed by atoms with Crippen molar-refractivity contribution in [3.8, 4) is 22.1 Å². The Morgan fingerprint density at radius 3 is 2.92 bits per heavy atom. The van der Waals surface area contributed by atoms with Crippen molar-refractivity contribution in [2.75, 3.05) is 33.5 Å². The Labute approximate surface area is 157 Å². The Hall–Kier alpha value is -2.12. The molecule has 138 valence electrons. The van der Waals surface area contributed by atoms with Gasteiger partial charge < -0.3 is 19.7 Å². The van der Waals surface area contributed by atoms with E-state index in [2.05, 4.69) is 10.3 Å². The van der Waals surface area contributed by atoms with Gasteiger partial charge in [-0.1, -0.05) is 0 Å². The SMILES string of the molecule is CNCCC1CCN(C(=O)c2cnc(-c3ccc4c(c3)OCO4)s2)CC1. The number of nitrogens with zero attached hydrogens (tertiary/aromatic N) is 2. The van der Waals surface area contributed by atoms with Gasteiger partial charge in [-0.3, -0.25) is 4.79 Å². The lowest BCUT2D eigenvalue weighted by molar-refractivity contribution is 0.0692. The highest BCUT2D eigenvalue weighted by Gasteiger charge is 2.25. The molecule has 0 atom stereocenters. The molecule has 3 heterocycles. The molecule has 0 radical (unpaired) electrons. The van der Waals surface area contributed by atoms with E-state index in [0.717, 1.165) is 60.5 Å². The van der Waals surface area contributed by atoms with Crippen molar-refractivity contribution in [3.05, 3.63) is 29.3 Å². The van der Waals surface area contributed by atoms with E-state index in [1.165, 1.54) is 17.8 Å². The number of piperidine rings is 1. The van der Waals surface area contributed by atoms with Crippen molar-refractivity contribution < 1.29 is 14.3 Å². The first kappa shape index (κ1) is 17.3. The number of rotatable bonds is 5. The Balaban J connectivity index is 1.41. The third-order valence-electron chi connectivity index (χ3n) is 5.04. The maximum atomic E-state index is 12.8. The van der Waals surface area contributed by atoms with Crippen LogP contribution >= 0.6 is 11.3 Å². The number of benzene rings is 1. The first-order valence-electron chi connectivity index (χ1n) is 9.04. The van der Waals surface area contributed by atoms with Gasteiger partial charge in [-0.25, -0.2) is 4.98 Å². The molecular formula is C19H23N3O3S. The van der Waals surface area contributed by atoms with E-state index in [9.17, 15) is 4.79 Å². The van der Waals surface area contributed by atoms with Crippen LogP contribution in [0, 0.1) is 5.92 Å². The molecule has 1 saturated heterocycles. The molecule has 2 aliphatic rings. The average Bonchev–Trinajstić information content (AvgIpc) is 3.35. The van der Waals surface area contributed by atoms with Gasteiger partial charge in [0.15, 0.2) is 11.5 Å². The molecule has 1 fully saturated rings. The molecule has 2 aliphatic heterocycles. The van der Waals surface area contributed by atoms with Crippen LogP contribution in [-0.4, -0.2) is 49.3 Å². The normalized spacial score (nSPS) is 16.9. The lowest BCUT2D eigenvalue weighted by Crippen LogP contribution is -2.38. The fraction of sp³-hybridized carbons (Fsp3) is 0.474. The summed E-state index contributed by atoms with van der Waals surface area (Å²) < 4.78 is 10.8. The van der Waals surface area contributed by atoms with Gasteiger partial charge >= 0.3 is 0 Å². The standard InChI is InChI=1S/C19H23N3O3S/c1-20-7-4-13-5-8-22(9-6-13)19(23)17-11-21-18(26-17)14-2-3-15-16(10-14)25-12-24-15/h2-3,10-11,13,20H,4-9,12H2,1H3. The predicted molar refractivity (Wildman–Crippen MR) is 101 cm³/mol. The molecule has 0 bridgehead atoms. The smallest absolute Gasteiger partial charge is 0.265 e. The molecule has 7 heteroatoms. The van der Waals surface area contributed by atoms with Crippen LogP contribution in [0.3, 0.4) is 0 Å². The number of aromatic nitrogens is 1. The Kier molecular flexibility index (Phi) is 5.08. The molecule has 1 aromatic carbocycles. The number of hydrogen-bond donors (Lipinski definition) is 1. The minimum atomic E-state index is 0.0987. The van der Waals surface area contributed by atoms with Crippen molar-refractivity contribution in [3.63, 3.8) is 0 Å². The second kappa shape index (κ2) is 7.63. The van der Waals surface area contributed by atoms with Crippen LogP contribution in [0.15, 0.2) is 24.4 Å². The Morgan fingerprint density at radius 2 is 2.12 bits per heavy atom. The average molecular weight is 373 g/mol. The quantitative estimate of drug-likeness (QED) is 0.873. The second-order valence-electron chi connectivity index (χ2n) is 6.73. The van der Waals surface area contributed by atoms with Gasteiger partial charge in [-0.2, -0.15) is 0 Å². The van der Waals surface area contributed by atoms with Crippen LogP contribution in [0.4, 0.5) is 0 Å². The van der Waals surface area contributed by atoms with E-state index >= 15 is 0 Å². The minimum Gasteiger partial charge on any atom is -0.454 e. The fourth-order valence-electron chi connectivity index (χ4n) is 3.47. The summed E-state index contributed by atoms with van der Waals surface area (Å²) in [5, 5.41) is 4.03. The van der Waals surface area contributed by atoms with Gasteiger partial charge in [0, 0.05) is 18.7 Å². The first-order chi connectivity index (χ1) is 12.7. The number of thiazole rings is 1. The maximum Gasteiger partial charge on any atom is 0.265 e. The van der Waals surface area contributed by atoms with Crippen molar-refractivity contribution >= 4 is 17.2 Å². The van der Waals surface area contributed by atoms with Crippen molar-refractivity contribution in [1.82, 2.24) is 15.2 Å². The molecule has 4 rings (SSSR count). The lowest BCUT2D eigenvalue weighted by Gasteiger charge is -2.31. The van der Waals surface area contributed by atoms with E-state index in [0.29, 0.717) is 4.88 Å². The number of fused-ring (bicyclic) bond motifs is 1. The highest BCUT2D eigenvalue weighted by molar-refractivity contribution is 7.16. The van der Waals surface area contributed by atoms with Crippen LogP contribution in [0.25, 0.3) is 10.6 Å². The van der Waals surface area contributed by atoms with E-state index in [1.807, 2.05) is 30.1 Å². The first-order valence-corrected chi connectivity index (χ1v) is 9.86. The highest BCUT2D eigenvalue weighted by Crippen LogP contribution is 2.37. The molecule has 0 spiro atoms. The molecule has 2 aromatic rings. The molecule has 1 N–H and O–H groups in total. The molecular weight excluding hydrogens is 350 g/mol. The van der Waals surface area contributed by atoms with Crippen LogP contribution in [0.5, 0.6) is 11.5 Å². The van der Waals surface area contributed by atoms with E-state index in [1.54, 1.807) is 6.20 Å². The molecule has 1 aromatic heterocycles. The van der Waals surface area contributed by atoms with Gasteiger partial charge in [-0.15, -0.1) is 11.3 Å². The largest absolute Gasteiger partial charge is 0.454 e. The van der Waals surface area contributed by atoms with Crippen LogP contribution in [0.2, 0.25) is 0 Å². The fourth-order valence-corrected chi connectivity index (χ4v) is 4.35. The maximum absolute atomic E-state index is 12.8. The van der Waals surface area contributed by atoms with Gasteiger partial charge in [0.2, 0.25) is 6.79 Å². The van der Waals surface area contributed by atoms with Gasteiger partial charge in [0.1, 0.15) is 9.88 Å². The number of likely N-dealkylation sites (tertiary alicyclic amines) is 1. The molecule has 0 unspecified atom stereocenters. The number of ether oxygens (including phenoxy) is 2. The van der Waals surface area contributed by atoms with Gasteiger partial charge in [-0.05, 0) is 57.0 Å². The molecule has 0 saturated carbocycles. The van der Waals surface area contributed by atoms with Crippen LogP contribution in [0.1, 0.15) is 28.9 Å². The summed E-state index contributed by atoms with van der Waals surface area (Å²) in [4.78, 5) is 19.9. The zero-order valence-corrected chi connectivity index (χ0v) is 15.7. The van der Waals surface area contributed by atoms with Crippen molar-refractivity contribution in [2.45, 2.75) is 19.3 Å². The second-order valence-corrected chi connectivity index (χ2v) is 7.76. The molecule has 26 heavy (non-hydrogen) atoms.